The van der Waals surface area contributed by atoms with Gasteiger partial charge >= 0.3 is 0 Å². The number of hydrogen-bond donors (Lipinski definition) is 1. The Morgan fingerprint density at radius 3 is 2.71 bits per heavy atom. The number of amides is 1. The van der Waals surface area contributed by atoms with E-state index in [1.54, 1.807) is 48.7 Å². The molecule has 1 unspecified atom stereocenters. The number of rotatable bonds is 10. The topological polar surface area (TPSA) is 60.5 Å². The molecule has 162 valence electrons. The molecule has 31 heavy (non-hydrogen) atoms. The summed E-state index contributed by atoms with van der Waals surface area (Å²) < 4.78 is 25.0. The minimum absolute atomic E-state index is 0.0889. The van der Waals surface area contributed by atoms with Gasteiger partial charge in [0, 0.05) is 31.5 Å². The molecule has 0 aliphatic rings. The highest BCUT2D eigenvalue weighted by atomic mass is 19.1. The van der Waals surface area contributed by atoms with Crippen LogP contribution in [0.5, 0.6) is 11.5 Å². The molecule has 3 aromatic rings. The number of hydrogen-bond acceptors (Lipinski definition) is 4. The van der Waals surface area contributed by atoms with Crippen LogP contribution >= 0.6 is 0 Å². The van der Waals surface area contributed by atoms with E-state index in [0.29, 0.717) is 24.3 Å². The molecule has 0 saturated carbocycles. The number of benzene rings is 2. The van der Waals surface area contributed by atoms with Crippen LogP contribution in [0.15, 0.2) is 66.9 Å². The number of ether oxygens (including phenoxy) is 2. The number of para-hydroxylation sites is 1. The molecule has 6 heteroatoms. The van der Waals surface area contributed by atoms with Crippen LogP contribution in [0.3, 0.4) is 0 Å². The summed E-state index contributed by atoms with van der Waals surface area (Å²) >= 11 is 0. The van der Waals surface area contributed by atoms with Crippen LogP contribution in [-0.2, 0) is 17.7 Å². The molecule has 0 bridgehead atoms. The molecule has 1 aromatic heterocycles. The fourth-order valence-corrected chi connectivity index (χ4v) is 3.01. The van der Waals surface area contributed by atoms with Crippen LogP contribution in [0.4, 0.5) is 4.39 Å². The predicted molar refractivity (Wildman–Crippen MR) is 118 cm³/mol. The summed E-state index contributed by atoms with van der Waals surface area (Å²) in [4.78, 5) is 16.8. The molecule has 1 atom stereocenters. The monoisotopic (exact) mass is 422 g/mol. The zero-order valence-electron chi connectivity index (χ0n) is 17.8. The SMILES string of the molecule is CCCOC(C)Cc1ccc(C(=O)NCc2cccc(Oc3ccccc3F)c2)cn1. The number of nitrogens with one attached hydrogen (secondary N) is 1. The Hall–Kier alpha value is -3.25. The minimum atomic E-state index is -0.427. The van der Waals surface area contributed by atoms with Crippen LogP contribution in [0.1, 0.15) is 41.9 Å². The molecule has 0 fully saturated rings. The van der Waals surface area contributed by atoms with E-state index in [4.69, 9.17) is 9.47 Å². The Morgan fingerprint density at radius 2 is 1.97 bits per heavy atom. The quantitative estimate of drug-likeness (QED) is 0.482. The fraction of sp³-hybridized carbons (Fsp3) is 0.280. The van der Waals surface area contributed by atoms with Gasteiger partial charge in [-0.05, 0) is 55.3 Å². The van der Waals surface area contributed by atoms with Gasteiger partial charge in [-0.2, -0.15) is 0 Å². The number of pyridine rings is 1. The van der Waals surface area contributed by atoms with Crippen LogP contribution < -0.4 is 10.1 Å². The van der Waals surface area contributed by atoms with Crippen molar-refractivity contribution in [2.75, 3.05) is 6.61 Å². The summed E-state index contributed by atoms with van der Waals surface area (Å²) in [5.74, 6) is 0.0183. The predicted octanol–water partition coefficient (Wildman–Crippen LogP) is 5.30. The second-order valence-electron chi connectivity index (χ2n) is 7.29. The summed E-state index contributed by atoms with van der Waals surface area (Å²) in [6.45, 7) is 5.14. The van der Waals surface area contributed by atoms with Gasteiger partial charge in [0.2, 0.25) is 0 Å². The summed E-state index contributed by atoms with van der Waals surface area (Å²) in [5.41, 5.74) is 2.22. The lowest BCUT2D eigenvalue weighted by Gasteiger charge is -2.12. The lowest BCUT2D eigenvalue weighted by atomic mass is 10.1. The van der Waals surface area contributed by atoms with Gasteiger partial charge < -0.3 is 14.8 Å². The van der Waals surface area contributed by atoms with Gasteiger partial charge in [-0.1, -0.05) is 31.2 Å². The molecule has 2 aromatic carbocycles. The molecule has 1 N–H and O–H groups in total. The first-order valence-electron chi connectivity index (χ1n) is 10.4. The van der Waals surface area contributed by atoms with Gasteiger partial charge in [-0.3, -0.25) is 9.78 Å². The van der Waals surface area contributed by atoms with Crippen molar-refractivity contribution < 1.29 is 18.7 Å². The Kier molecular flexibility index (Phi) is 8.12. The fourth-order valence-electron chi connectivity index (χ4n) is 3.01. The number of halogens is 1. The third-order valence-corrected chi connectivity index (χ3v) is 4.61. The lowest BCUT2D eigenvalue weighted by Crippen LogP contribution is -2.23. The smallest absolute Gasteiger partial charge is 0.253 e. The van der Waals surface area contributed by atoms with Crippen molar-refractivity contribution in [3.05, 3.63) is 89.5 Å². The van der Waals surface area contributed by atoms with E-state index in [1.165, 1.54) is 6.07 Å². The second kappa shape index (κ2) is 11.2. The van der Waals surface area contributed by atoms with Crippen molar-refractivity contribution in [2.24, 2.45) is 0 Å². The molecule has 0 saturated heterocycles. The molecular weight excluding hydrogens is 395 g/mol. The van der Waals surface area contributed by atoms with Crippen molar-refractivity contribution in [1.82, 2.24) is 10.3 Å². The zero-order valence-corrected chi connectivity index (χ0v) is 17.8. The first kappa shape index (κ1) is 22.4. The number of aromatic nitrogens is 1. The molecule has 0 radical (unpaired) electrons. The van der Waals surface area contributed by atoms with Crippen molar-refractivity contribution in [3.8, 4) is 11.5 Å². The molecular formula is C25H27FN2O3. The minimum Gasteiger partial charge on any atom is -0.454 e. The van der Waals surface area contributed by atoms with Gasteiger partial charge in [0.25, 0.3) is 5.91 Å². The average Bonchev–Trinajstić information content (AvgIpc) is 2.78. The lowest BCUT2D eigenvalue weighted by molar-refractivity contribution is 0.0663. The first-order valence-corrected chi connectivity index (χ1v) is 10.4. The highest BCUT2D eigenvalue weighted by molar-refractivity contribution is 5.93. The maximum Gasteiger partial charge on any atom is 0.253 e. The van der Waals surface area contributed by atoms with Crippen LogP contribution in [0.2, 0.25) is 0 Å². The van der Waals surface area contributed by atoms with E-state index in [1.807, 2.05) is 19.1 Å². The Labute approximate surface area is 182 Å². The second-order valence-corrected chi connectivity index (χ2v) is 7.29. The number of nitrogens with zero attached hydrogens (tertiary/aromatic N) is 1. The van der Waals surface area contributed by atoms with E-state index in [2.05, 4.69) is 17.2 Å². The van der Waals surface area contributed by atoms with E-state index < -0.39 is 5.82 Å². The molecule has 0 aliphatic carbocycles. The zero-order chi connectivity index (χ0) is 22.1. The van der Waals surface area contributed by atoms with Gasteiger partial charge in [0.1, 0.15) is 5.75 Å². The van der Waals surface area contributed by atoms with E-state index in [0.717, 1.165) is 24.3 Å². The summed E-state index contributed by atoms with van der Waals surface area (Å²) in [6.07, 6.45) is 3.35. The van der Waals surface area contributed by atoms with Crippen molar-refractivity contribution in [3.63, 3.8) is 0 Å². The summed E-state index contributed by atoms with van der Waals surface area (Å²) in [7, 11) is 0. The average molecular weight is 423 g/mol. The van der Waals surface area contributed by atoms with E-state index >= 15 is 0 Å². The van der Waals surface area contributed by atoms with Gasteiger partial charge in [-0.25, -0.2) is 4.39 Å². The van der Waals surface area contributed by atoms with Crippen LogP contribution in [0.25, 0.3) is 0 Å². The summed E-state index contributed by atoms with van der Waals surface area (Å²) in [5, 5.41) is 2.87. The van der Waals surface area contributed by atoms with Crippen molar-refractivity contribution in [2.45, 2.75) is 39.3 Å². The first-order chi connectivity index (χ1) is 15.0. The maximum atomic E-state index is 13.8. The Bertz CT molecular complexity index is 992. The van der Waals surface area contributed by atoms with Crippen molar-refractivity contribution >= 4 is 5.91 Å². The number of carbonyl (C=O) groups is 1. The maximum absolute atomic E-state index is 13.8. The Balaban J connectivity index is 1.54. The molecule has 1 heterocycles. The normalized spacial score (nSPS) is 11.7. The van der Waals surface area contributed by atoms with E-state index in [-0.39, 0.29) is 17.8 Å². The third kappa shape index (κ3) is 6.89. The summed E-state index contributed by atoms with van der Waals surface area (Å²) in [6, 6.07) is 17.0. The molecule has 0 spiro atoms. The number of carbonyl (C=O) groups excluding carboxylic acids is 1. The van der Waals surface area contributed by atoms with Gasteiger partial charge in [-0.15, -0.1) is 0 Å². The van der Waals surface area contributed by atoms with Gasteiger partial charge in [0.05, 0.1) is 11.7 Å². The highest BCUT2D eigenvalue weighted by Gasteiger charge is 2.09. The Morgan fingerprint density at radius 1 is 1.13 bits per heavy atom. The standard InChI is InChI=1S/C25H27FN2O3/c1-3-13-30-18(2)14-21-12-11-20(17-27-21)25(29)28-16-19-7-6-8-22(15-19)31-24-10-5-4-9-23(24)26/h4-12,15,17-18H,3,13-14,16H2,1-2H3,(H,28,29). The van der Waals surface area contributed by atoms with Crippen molar-refractivity contribution in [1.29, 1.82) is 0 Å². The van der Waals surface area contributed by atoms with Crippen LogP contribution in [-0.4, -0.2) is 23.6 Å². The highest BCUT2D eigenvalue weighted by Crippen LogP contribution is 2.24. The van der Waals surface area contributed by atoms with E-state index in [9.17, 15) is 9.18 Å². The molecule has 0 aliphatic heterocycles. The van der Waals surface area contributed by atoms with Crippen LogP contribution in [0, 0.1) is 5.82 Å². The third-order valence-electron chi connectivity index (χ3n) is 4.61. The largest absolute Gasteiger partial charge is 0.454 e. The van der Waals surface area contributed by atoms with Gasteiger partial charge in [0.15, 0.2) is 11.6 Å². The molecule has 1 amide bonds. The molecule has 3 rings (SSSR count). The molecule has 5 nitrogen and oxygen atoms in total.